The summed E-state index contributed by atoms with van der Waals surface area (Å²) in [5, 5.41) is 4.21. The fraction of sp³-hybridized carbons (Fsp3) is 0.571. The average Bonchev–Trinajstić information content (AvgIpc) is 2.58. The zero-order chi connectivity index (χ0) is 12.3. The van der Waals surface area contributed by atoms with E-state index < -0.39 is 0 Å². The van der Waals surface area contributed by atoms with E-state index >= 15 is 0 Å². The van der Waals surface area contributed by atoms with Crippen LogP contribution in [0.2, 0.25) is 5.02 Å². The summed E-state index contributed by atoms with van der Waals surface area (Å²) in [5.41, 5.74) is 1.11. The molecule has 17 heavy (non-hydrogen) atoms. The molecule has 0 aromatic heterocycles. The van der Waals surface area contributed by atoms with E-state index in [-0.39, 0.29) is 0 Å². The number of rotatable bonds is 4. The first kappa shape index (κ1) is 12.7. The highest BCUT2D eigenvalue weighted by Gasteiger charge is 2.25. The van der Waals surface area contributed by atoms with E-state index in [1.165, 1.54) is 13.0 Å². The Bertz CT molecular complexity index is 367. The van der Waals surface area contributed by atoms with Crippen molar-refractivity contribution in [3.63, 3.8) is 0 Å². The van der Waals surface area contributed by atoms with Crippen LogP contribution in [0.1, 0.15) is 20.3 Å². The van der Waals surface area contributed by atoms with Crippen LogP contribution >= 0.6 is 11.6 Å². The van der Waals surface area contributed by atoms with E-state index in [0.717, 1.165) is 35.8 Å². The number of benzene rings is 1. The number of halogens is 1. The van der Waals surface area contributed by atoms with Gasteiger partial charge in [-0.15, -0.1) is 0 Å². The Hall–Kier alpha value is -0.730. The Morgan fingerprint density at radius 1 is 1.41 bits per heavy atom. The van der Waals surface area contributed by atoms with Gasteiger partial charge in [0.1, 0.15) is 0 Å². The van der Waals surface area contributed by atoms with Gasteiger partial charge in [-0.05, 0) is 37.5 Å². The fourth-order valence-corrected chi connectivity index (χ4v) is 2.83. The van der Waals surface area contributed by atoms with Crippen molar-refractivity contribution in [2.45, 2.75) is 26.3 Å². The van der Waals surface area contributed by atoms with Gasteiger partial charge in [-0.3, -0.25) is 4.90 Å². The van der Waals surface area contributed by atoms with Crippen molar-refractivity contribution in [2.24, 2.45) is 5.92 Å². The van der Waals surface area contributed by atoms with E-state index in [1.54, 1.807) is 0 Å². The van der Waals surface area contributed by atoms with Crippen LogP contribution < -0.4 is 5.32 Å². The van der Waals surface area contributed by atoms with E-state index in [4.69, 9.17) is 11.6 Å². The predicted molar refractivity (Wildman–Crippen MR) is 74.8 cm³/mol. The van der Waals surface area contributed by atoms with Gasteiger partial charge in [-0.1, -0.05) is 24.6 Å². The van der Waals surface area contributed by atoms with Crippen LogP contribution in [-0.4, -0.2) is 30.6 Å². The number of hydrogen-bond acceptors (Lipinski definition) is 2. The highest BCUT2D eigenvalue weighted by Crippen LogP contribution is 2.21. The van der Waals surface area contributed by atoms with Crippen LogP contribution in [0.3, 0.4) is 0 Å². The van der Waals surface area contributed by atoms with Gasteiger partial charge in [0.2, 0.25) is 0 Å². The molecule has 1 aliphatic rings. The molecule has 0 aliphatic carbocycles. The van der Waals surface area contributed by atoms with E-state index in [1.807, 2.05) is 18.2 Å². The molecule has 2 rings (SSSR count). The van der Waals surface area contributed by atoms with E-state index in [2.05, 4.69) is 30.1 Å². The maximum atomic E-state index is 5.94. The van der Waals surface area contributed by atoms with Crippen molar-refractivity contribution in [3.05, 3.63) is 29.3 Å². The van der Waals surface area contributed by atoms with Gasteiger partial charge in [-0.2, -0.15) is 0 Å². The second kappa shape index (κ2) is 5.74. The minimum atomic E-state index is 0.728. The van der Waals surface area contributed by atoms with E-state index in [0.29, 0.717) is 0 Å². The van der Waals surface area contributed by atoms with Crippen molar-refractivity contribution >= 4 is 17.3 Å². The third-order valence-corrected chi connectivity index (χ3v) is 3.70. The van der Waals surface area contributed by atoms with Crippen molar-refractivity contribution in [3.8, 4) is 0 Å². The number of nitrogens with zero attached hydrogens (tertiary/aromatic N) is 1. The minimum Gasteiger partial charge on any atom is -0.384 e. The summed E-state index contributed by atoms with van der Waals surface area (Å²) in [7, 11) is 0. The zero-order valence-electron chi connectivity index (χ0n) is 10.6. The molecule has 94 valence electrons. The topological polar surface area (TPSA) is 15.3 Å². The monoisotopic (exact) mass is 252 g/mol. The molecular weight excluding hydrogens is 232 g/mol. The van der Waals surface area contributed by atoms with Gasteiger partial charge in [0.15, 0.2) is 0 Å². The lowest BCUT2D eigenvalue weighted by molar-refractivity contribution is 0.275. The molecule has 1 heterocycles. The molecule has 1 aromatic rings. The smallest absolute Gasteiger partial charge is 0.0426 e. The SMILES string of the molecule is CC1CC(C)N(CCNc2cccc(Cl)c2)C1. The molecule has 1 saturated heterocycles. The number of anilines is 1. The molecule has 1 N–H and O–H groups in total. The second-order valence-corrected chi connectivity index (χ2v) is 5.56. The third kappa shape index (κ3) is 3.62. The lowest BCUT2D eigenvalue weighted by Gasteiger charge is -2.21. The lowest BCUT2D eigenvalue weighted by Crippen LogP contribution is -2.32. The van der Waals surface area contributed by atoms with Crippen molar-refractivity contribution in [1.82, 2.24) is 4.90 Å². The van der Waals surface area contributed by atoms with Crippen LogP contribution in [0, 0.1) is 5.92 Å². The number of likely N-dealkylation sites (tertiary alicyclic amines) is 1. The normalized spacial score (nSPS) is 25.1. The fourth-order valence-electron chi connectivity index (χ4n) is 2.64. The maximum Gasteiger partial charge on any atom is 0.0426 e. The summed E-state index contributed by atoms with van der Waals surface area (Å²) < 4.78 is 0. The van der Waals surface area contributed by atoms with Crippen LogP contribution in [-0.2, 0) is 0 Å². The number of hydrogen-bond donors (Lipinski definition) is 1. The molecule has 1 aliphatic heterocycles. The van der Waals surface area contributed by atoms with Gasteiger partial charge >= 0.3 is 0 Å². The summed E-state index contributed by atoms with van der Waals surface area (Å²) in [4.78, 5) is 2.56. The zero-order valence-corrected chi connectivity index (χ0v) is 11.4. The Morgan fingerprint density at radius 3 is 2.88 bits per heavy atom. The van der Waals surface area contributed by atoms with Crippen LogP contribution in [0.25, 0.3) is 0 Å². The third-order valence-electron chi connectivity index (χ3n) is 3.47. The molecule has 3 heteroatoms. The summed E-state index contributed by atoms with van der Waals surface area (Å²) in [6.07, 6.45) is 1.33. The van der Waals surface area contributed by atoms with Gasteiger partial charge in [0.25, 0.3) is 0 Å². The van der Waals surface area contributed by atoms with Crippen molar-refractivity contribution < 1.29 is 0 Å². The van der Waals surface area contributed by atoms with Crippen LogP contribution in [0.5, 0.6) is 0 Å². The van der Waals surface area contributed by atoms with Gasteiger partial charge < -0.3 is 5.32 Å². The predicted octanol–water partition coefficient (Wildman–Crippen LogP) is 3.48. The quantitative estimate of drug-likeness (QED) is 0.883. The molecule has 2 nitrogen and oxygen atoms in total. The molecule has 2 unspecified atom stereocenters. The molecule has 0 radical (unpaired) electrons. The molecule has 1 fully saturated rings. The highest BCUT2D eigenvalue weighted by molar-refractivity contribution is 6.30. The highest BCUT2D eigenvalue weighted by atomic mass is 35.5. The summed E-state index contributed by atoms with van der Waals surface area (Å²) >= 11 is 5.94. The molecule has 0 saturated carbocycles. The maximum absolute atomic E-state index is 5.94. The second-order valence-electron chi connectivity index (χ2n) is 5.12. The first-order valence-electron chi connectivity index (χ1n) is 6.38. The molecule has 0 spiro atoms. The Morgan fingerprint density at radius 2 is 2.24 bits per heavy atom. The summed E-state index contributed by atoms with van der Waals surface area (Å²) in [5.74, 6) is 0.844. The van der Waals surface area contributed by atoms with Gasteiger partial charge in [-0.25, -0.2) is 0 Å². The Balaban J connectivity index is 1.76. The molecule has 2 atom stereocenters. The lowest BCUT2D eigenvalue weighted by atomic mass is 10.1. The van der Waals surface area contributed by atoms with E-state index in [9.17, 15) is 0 Å². The molecule has 0 amide bonds. The number of nitrogens with one attached hydrogen (secondary N) is 1. The summed E-state index contributed by atoms with van der Waals surface area (Å²) in [6.45, 7) is 7.98. The van der Waals surface area contributed by atoms with Gasteiger partial charge in [0, 0.05) is 36.4 Å². The van der Waals surface area contributed by atoms with Crippen molar-refractivity contribution in [1.29, 1.82) is 0 Å². The summed E-state index contributed by atoms with van der Waals surface area (Å²) in [6, 6.07) is 8.63. The standard InChI is InChI=1S/C14H21ClN2/c1-11-8-12(2)17(10-11)7-6-16-14-5-3-4-13(15)9-14/h3-5,9,11-12,16H,6-8,10H2,1-2H3. The van der Waals surface area contributed by atoms with Crippen LogP contribution in [0.4, 0.5) is 5.69 Å². The van der Waals surface area contributed by atoms with Gasteiger partial charge in [0.05, 0.1) is 0 Å². The first-order chi connectivity index (χ1) is 8.15. The largest absolute Gasteiger partial charge is 0.384 e. The minimum absolute atomic E-state index is 0.728. The Kier molecular flexibility index (Phi) is 4.30. The van der Waals surface area contributed by atoms with Crippen LogP contribution in [0.15, 0.2) is 24.3 Å². The first-order valence-corrected chi connectivity index (χ1v) is 6.76. The average molecular weight is 253 g/mol. The van der Waals surface area contributed by atoms with Crippen molar-refractivity contribution in [2.75, 3.05) is 25.0 Å². The molecule has 0 bridgehead atoms. The Labute approximate surface area is 109 Å². The molecule has 1 aromatic carbocycles. The molecular formula is C14H21ClN2.